The monoisotopic (exact) mass is 340 g/mol. The van der Waals surface area contributed by atoms with Crippen molar-refractivity contribution < 1.29 is 9.18 Å². The highest BCUT2D eigenvalue weighted by Gasteiger charge is 2.24. The number of halogens is 2. The van der Waals surface area contributed by atoms with Gasteiger partial charge in [-0.1, -0.05) is 22.2 Å². The lowest BCUT2D eigenvalue weighted by molar-refractivity contribution is 0.0621. The van der Waals surface area contributed by atoms with Gasteiger partial charge in [0.15, 0.2) is 5.69 Å². The van der Waals surface area contributed by atoms with Gasteiger partial charge in [0.1, 0.15) is 5.82 Å². The summed E-state index contributed by atoms with van der Waals surface area (Å²) in [7, 11) is 0. The third-order valence-corrected chi connectivity index (χ3v) is 4.54. The highest BCUT2D eigenvalue weighted by molar-refractivity contribution is 7.03. The predicted molar refractivity (Wildman–Crippen MR) is 82.5 cm³/mol. The van der Waals surface area contributed by atoms with Crippen molar-refractivity contribution in [2.45, 2.75) is 6.54 Å². The number of rotatable bonds is 3. The van der Waals surface area contributed by atoms with Gasteiger partial charge in [0, 0.05) is 48.7 Å². The van der Waals surface area contributed by atoms with Crippen molar-refractivity contribution in [3.8, 4) is 0 Å². The maximum atomic E-state index is 13.8. The molecule has 0 unspecified atom stereocenters. The van der Waals surface area contributed by atoms with Gasteiger partial charge < -0.3 is 4.90 Å². The molecule has 1 saturated heterocycles. The zero-order valence-electron chi connectivity index (χ0n) is 11.7. The number of carbonyl (C=O) groups excluding carboxylic acids is 1. The summed E-state index contributed by atoms with van der Waals surface area (Å²) >= 11 is 7.21. The van der Waals surface area contributed by atoms with Gasteiger partial charge in [0.25, 0.3) is 5.91 Å². The SMILES string of the molecule is O=C(c1csnn1)N1CCN(Cc2c(F)cccc2Cl)CC1. The molecule has 1 fully saturated rings. The van der Waals surface area contributed by atoms with E-state index in [4.69, 9.17) is 11.6 Å². The topological polar surface area (TPSA) is 49.3 Å². The Balaban J connectivity index is 1.59. The number of benzene rings is 1. The number of amides is 1. The number of hydrogen-bond donors (Lipinski definition) is 0. The minimum Gasteiger partial charge on any atom is -0.335 e. The van der Waals surface area contributed by atoms with E-state index < -0.39 is 0 Å². The molecule has 8 heteroatoms. The van der Waals surface area contributed by atoms with Crippen molar-refractivity contribution in [3.05, 3.63) is 45.7 Å². The molecule has 1 aliphatic heterocycles. The van der Waals surface area contributed by atoms with Crippen molar-refractivity contribution in [2.75, 3.05) is 26.2 Å². The molecular weight excluding hydrogens is 327 g/mol. The maximum Gasteiger partial charge on any atom is 0.275 e. The maximum absolute atomic E-state index is 13.8. The van der Waals surface area contributed by atoms with E-state index in [1.807, 2.05) is 0 Å². The fraction of sp³-hybridized carbons (Fsp3) is 0.357. The molecule has 1 aromatic carbocycles. The highest BCUT2D eigenvalue weighted by Crippen LogP contribution is 2.21. The molecule has 2 heterocycles. The van der Waals surface area contributed by atoms with E-state index in [0.29, 0.717) is 49.0 Å². The van der Waals surface area contributed by atoms with Gasteiger partial charge in [-0.2, -0.15) is 0 Å². The molecule has 0 saturated carbocycles. The quantitative estimate of drug-likeness (QED) is 0.860. The molecule has 1 aromatic heterocycles. The Kier molecular flexibility index (Phi) is 4.66. The van der Waals surface area contributed by atoms with Gasteiger partial charge in [-0.15, -0.1) is 5.10 Å². The van der Waals surface area contributed by atoms with E-state index in [9.17, 15) is 9.18 Å². The third kappa shape index (κ3) is 3.26. The second-order valence-corrected chi connectivity index (χ2v) is 6.08. The normalized spacial score (nSPS) is 16.0. The van der Waals surface area contributed by atoms with Crippen LogP contribution in [0.4, 0.5) is 4.39 Å². The number of aromatic nitrogens is 2. The van der Waals surface area contributed by atoms with Gasteiger partial charge in [-0.3, -0.25) is 9.69 Å². The fourth-order valence-corrected chi connectivity index (χ4v) is 3.09. The van der Waals surface area contributed by atoms with Gasteiger partial charge >= 0.3 is 0 Å². The van der Waals surface area contributed by atoms with Crippen molar-refractivity contribution in [2.24, 2.45) is 0 Å². The fourth-order valence-electron chi connectivity index (χ4n) is 2.44. The molecule has 0 spiro atoms. The van der Waals surface area contributed by atoms with Crippen molar-refractivity contribution in [1.82, 2.24) is 19.4 Å². The highest BCUT2D eigenvalue weighted by atomic mass is 35.5. The first-order chi connectivity index (χ1) is 10.6. The summed E-state index contributed by atoms with van der Waals surface area (Å²) in [6.45, 7) is 2.97. The molecule has 0 atom stereocenters. The largest absolute Gasteiger partial charge is 0.335 e. The second-order valence-electron chi connectivity index (χ2n) is 5.06. The van der Waals surface area contributed by atoms with Crippen LogP contribution in [0.5, 0.6) is 0 Å². The number of nitrogens with zero attached hydrogens (tertiary/aromatic N) is 4. The van der Waals surface area contributed by atoms with Crippen LogP contribution in [0.1, 0.15) is 16.1 Å². The molecule has 0 radical (unpaired) electrons. The van der Waals surface area contributed by atoms with Crippen LogP contribution < -0.4 is 0 Å². The molecule has 1 amide bonds. The molecule has 22 heavy (non-hydrogen) atoms. The number of piperazine rings is 1. The minimum atomic E-state index is -0.292. The van der Waals surface area contributed by atoms with Crippen LogP contribution in [0.3, 0.4) is 0 Å². The first-order valence-corrected chi connectivity index (χ1v) is 8.08. The van der Waals surface area contributed by atoms with Crippen molar-refractivity contribution in [1.29, 1.82) is 0 Å². The Labute approximate surface area is 136 Å². The Morgan fingerprint density at radius 2 is 2.09 bits per heavy atom. The van der Waals surface area contributed by atoms with Crippen LogP contribution in [0.25, 0.3) is 0 Å². The lowest BCUT2D eigenvalue weighted by Gasteiger charge is -2.34. The van der Waals surface area contributed by atoms with E-state index in [-0.39, 0.29) is 11.7 Å². The smallest absolute Gasteiger partial charge is 0.275 e. The summed E-state index contributed by atoms with van der Waals surface area (Å²) in [5, 5.41) is 5.88. The van der Waals surface area contributed by atoms with E-state index in [2.05, 4.69) is 14.5 Å². The van der Waals surface area contributed by atoms with E-state index in [1.54, 1.807) is 22.4 Å². The molecule has 3 rings (SSSR count). The molecule has 2 aromatic rings. The second kappa shape index (κ2) is 6.68. The van der Waals surface area contributed by atoms with Crippen molar-refractivity contribution >= 4 is 29.0 Å². The molecule has 0 N–H and O–H groups in total. The average Bonchev–Trinajstić information content (AvgIpc) is 3.05. The lowest BCUT2D eigenvalue weighted by Crippen LogP contribution is -2.48. The zero-order chi connectivity index (χ0) is 15.5. The number of carbonyl (C=O) groups is 1. The summed E-state index contributed by atoms with van der Waals surface area (Å²) < 4.78 is 17.5. The van der Waals surface area contributed by atoms with Crippen LogP contribution in [0, 0.1) is 5.82 Å². The lowest BCUT2D eigenvalue weighted by atomic mass is 10.2. The molecule has 5 nitrogen and oxygen atoms in total. The van der Waals surface area contributed by atoms with Crippen LogP contribution in [-0.2, 0) is 6.54 Å². The molecule has 0 aliphatic carbocycles. The Bertz CT molecular complexity index is 639. The predicted octanol–water partition coefficient (Wildman–Crippen LogP) is 2.29. The van der Waals surface area contributed by atoms with Gasteiger partial charge in [-0.25, -0.2) is 4.39 Å². The summed E-state index contributed by atoms with van der Waals surface area (Å²) in [4.78, 5) is 16.0. The number of hydrogen-bond acceptors (Lipinski definition) is 5. The summed E-state index contributed by atoms with van der Waals surface area (Å²) in [5.41, 5.74) is 0.892. The van der Waals surface area contributed by atoms with E-state index in [0.717, 1.165) is 11.5 Å². The molecule has 116 valence electrons. The average molecular weight is 341 g/mol. The standard InChI is InChI=1S/C14H14ClFN4OS/c15-11-2-1-3-12(16)10(11)8-19-4-6-20(7-5-19)14(21)13-9-22-18-17-13/h1-3,9H,4-8H2. The van der Waals surface area contributed by atoms with E-state index >= 15 is 0 Å². The first-order valence-electron chi connectivity index (χ1n) is 6.86. The first kappa shape index (κ1) is 15.3. The van der Waals surface area contributed by atoms with Gasteiger partial charge in [-0.05, 0) is 23.7 Å². The van der Waals surface area contributed by atoms with Gasteiger partial charge in [0.05, 0.1) is 0 Å². The van der Waals surface area contributed by atoms with Crippen molar-refractivity contribution in [3.63, 3.8) is 0 Å². The van der Waals surface area contributed by atoms with Crippen LogP contribution in [0.15, 0.2) is 23.6 Å². The zero-order valence-corrected chi connectivity index (χ0v) is 13.3. The molecular formula is C14H14ClFN4OS. The third-order valence-electron chi connectivity index (χ3n) is 3.68. The van der Waals surface area contributed by atoms with Crippen LogP contribution in [-0.4, -0.2) is 51.5 Å². The minimum absolute atomic E-state index is 0.0997. The molecule has 1 aliphatic rings. The molecule has 0 bridgehead atoms. The van der Waals surface area contributed by atoms with Crippen LogP contribution in [0.2, 0.25) is 5.02 Å². The van der Waals surface area contributed by atoms with E-state index in [1.165, 1.54) is 6.07 Å². The van der Waals surface area contributed by atoms with Crippen LogP contribution >= 0.6 is 23.1 Å². The summed E-state index contributed by atoms with van der Waals surface area (Å²) in [6, 6.07) is 4.70. The Morgan fingerprint density at radius 3 is 2.73 bits per heavy atom. The Morgan fingerprint density at radius 1 is 1.32 bits per heavy atom. The van der Waals surface area contributed by atoms with Gasteiger partial charge in [0.2, 0.25) is 0 Å². The summed E-state index contributed by atoms with van der Waals surface area (Å²) in [6.07, 6.45) is 0. The summed E-state index contributed by atoms with van der Waals surface area (Å²) in [5.74, 6) is -0.392. The Hall–Kier alpha value is -1.57.